The van der Waals surface area contributed by atoms with E-state index >= 15 is 0 Å². The molecule has 0 aliphatic carbocycles. The van der Waals surface area contributed by atoms with E-state index in [-0.39, 0.29) is 18.4 Å². The molecule has 3 aromatic rings. The largest absolute Gasteiger partial charge is 0.334 e. The summed E-state index contributed by atoms with van der Waals surface area (Å²) in [4.78, 5) is 19.4. The van der Waals surface area contributed by atoms with E-state index in [4.69, 9.17) is 34.2 Å². The Morgan fingerprint density at radius 3 is 2.66 bits per heavy atom. The number of amides is 1. The van der Waals surface area contributed by atoms with Crippen LogP contribution in [0, 0.1) is 11.3 Å². The van der Waals surface area contributed by atoms with E-state index in [1.54, 1.807) is 35.6 Å². The normalized spacial score (nSPS) is 11.7. The molecule has 1 heterocycles. The minimum absolute atomic E-state index is 0.0556. The van der Waals surface area contributed by atoms with Gasteiger partial charge in [-0.1, -0.05) is 54.4 Å². The molecule has 0 saturated heterocycles. The van der Waals surface area contributed by atoms with Gasteiger partial charge in [0.15, 0.2) is 0 Å². The zero-order valence-corrected chi connectivity index (χ0v) is 19.4. The zero-order valence-electron chi connectivity index (χ0n) is 17.8. The van der Waals surface area contributed by atoms with E-state index in [0.29, 0.717) is 35.2 Å². The minimum Gasteiger partial charge on any atom is -0.334 e. The summed E-state index contributed by atoms with van der Waals surface area (Å²) in [5, 5.41) is 9.88. The maximum Gasteiger partial charge on any atom is 0.229 e. The van der Waals surface area contributed by atoms with Gasteiger partial charge in [-0.3, -0.25) is 4.79 Å². The molecule has 2 aromatic carbocycles. The second-order valence-electron chi connectivity index (χ2n) is 7.53. The molecule has 0 fully saturated rings. The van der Waals surface area contributed by atoms with Gasteiger partial charge in [-0.25, -0.2) is 4.98 Å². The molecule has 8 heteroatoms. The van der Waals surface area contributed by atoms with Gasteiger partial charge in [-0.15, -0.1) is 0 Å². The highest BCUT2D eigenvalue weighted by Crippen LogP contribution is 2.27. The van der Waals surface area contributed by atoms with Crippen molar-refractivity contribution in [1.82, 2.24) is 14.5 Å². The molecule has 0 aliphatic rings. The number of imidazole rings is 1. The van der Waals surface area contributed by atoms with Crippen LogP contribution in [-0.2, 0) is 24.3 Å². The first-order valence-corrected chi connectivity index (χ1v) is 11.1. The van der Waals surface area contributed by atoms with Crippen LogP contribution in [0.5, 0.6) is 0 Å². The Labute approximate surface area is 198 Å². The molecule has 6 nitrogen and oxygen atoms in total. The van der Waals surface area contributed by atoms with Crippen molar-refractivity contribution in [3.63, 3.8) is 0 Å². The number of rotatable bonds is 9. The van der Waals surface area contributed by atoms with Crippen LogP contribution in [0.2, 0.25) is 10.0 Å². The number of carbonyl (C=O) groups excluding carboxylic acids is 1. The van der Waals surface area contributed by atoms with Gasteiger partial charge >= 0.3 is 0 Å². The molecule has 0 spiro atoms. The molecule has 0 bridgehead atoms. The summed E-state index contributed by atoms with van der Waals surface area (Å²) in [7, 11) is 0. The Morgan fingerprint density at radius 1 is 1.25 bits per heavy atom. The van der Waals surface area contributed by atoms with Crippen LogP contribution in [0.25, 0.3) is 0 Å². The summed E-state index contributed by atoms with van der Waals surface area (Å²) in [6, 6.07) is 14.8. The molecule has 0 radical (unpaired) electrons. The number of hydrogen-bond acceptors (Lipinski definition) is 4. The van der Waals surface area contributed by atoms with Crippen molar-refractivity contribution in [3.05, 3.63) is 87.4 Å². The monoisotopic (exact) mass is 469 g/mol. The quantitative estimate of drug-likeness (QED) is 0.502. The van der Waals surface area contributed by atoms with Crippen molar-refractivity contribution in [2.24, 2.45) is 5.73 Å². The van der Waals surface area contributed by atoms with E-state index in [1.165, 1.54) is 0 Å². The number of benzene rings is 2. The lowest BCUT2D eigenvalue weighted by molar-refractivity contribution is -0.133. The standard InChI is InChI=1S/C24H25Cl2N5O/c1-2-20(12-28)31(15-19-4-3-5-22(25)24(19)26)23(32)10-21-13-29-16-30(21)14-18-8-6-17(11-27)7-9-18/h3-9,13,16,20H,2,10,12,14-15,28H2,1H3/t20-/m0/s1. The highest BCUT2D eigenvalue weighted by Gasteiger charge is 2.24. The van der Waals surface area contributed by atoms with Crippen LogP contribution in [0.3, 0.4) is 0 Å². The Morgan fingerprint density at radius 2 is 2.00 bits per heavy atom. The smallest absolute Gasteiger partial charge is 0.229 e. The molecule has 0 saturated carbocycles. The van der Waals surface area contributed by atoms with Crippen LogP contribution in [0.15, 0.2) is 55.0 Å². The van der Waals surface area contributed by atoms with Crippen molar-refractivity contribution in [2.45, 2.75) is 38.9 Å². The third-order valence-electron chi connectivity index (χ3n) is 5.44. The van der Waals surface area contributed by atoms with E-state index in [0.717, 1.165) is 23.2 Å². The lowest BCUT2D eigenvalue weighted by Gasteiger charge is -2.31. The summed E-state index contributed by atoms with van der Waals surface area (Å²) >= 11 is 12.5. The molecule has 0 aliphatic heterocycles. The van der Waals surface area contributed by atoms with Crippen molar-refractivity contribution in [1.29, 1.82) is 5.26 Å². The van der Waals surface area contributed by atoms with Crippen molar-refractivity contribution < 1.29 is 4.79 Å². The lowest BCUT2D eigenvalue weighted by Crippen LogP contribution is -2.44. The van der Waals surface area contributed by atoms with Gasteiger partial charge < -0.3 is 15.2 Å². The second-order valence-corrected chi connectivity index (χ2v) is 8.32. The Kier molecular flexibility index (Phi) is 8.29. The lowest BCUT2D eigenvalue weighted by atomic mass is 10.1. The van der Waals surface area contributed by atoms with E-state index < -0.39 is 0 Å². The molecule has 1 atom stereocenters. The maximum atomic E-state index is 13.4. The van der Waals surface area contributed by atoms with Gasteiger partial charge in [-0.2, -0.15) is 5.26 Å². The molecular formula is C24H25Cl2N5O. The maximum absolute atomic E-state index is 13.4. The van der Waals surface area contributed by atoms with Crippen LogP contribution < -0.4 is 5.73 Å². The first kappa shape index (κ1) is 23.8. The third kappa shape index (κ3) is 5.68. The van der Waals surface area contributed by atoms with Gasteiger partial charge in [0.05, 0.1) is 34.4 Å². The van der Waals surface area contributed by atoms with Gasteiger partial charge in [0, 0.05) is 37.6 Å². The first-order chi connectivity index (χ1) is 15.5. The number of aromatic nitrogens is 2. The van der Waals surface area contributed by atoms with Crippen molar-refractivity contribution in [3.8, 4) is 6.07 Å². The summed E-state index contributed by atoms with van der Waals surface area (Å²) in [6.45, 7) is 3.25. The predicted molar refractivity (Wildman–Crippen MR) is 126 cm³/mol. The van der Waals surface area contributed by atoms with Crippen LogP contribution in [0.4, 0.5) is 0 Å². The third-order valence-corrected chi connectivity index (χ3v) is 6.30. The number of carbonyl (C=O) groups is 1. The van der Waals surface area contributed by atoms with Crippen molar-refractivity contribution in [2.75, 3.05) is 6.54 Å². The predicted octanol–water partition coefficient (Wildman–Crippen LogP) is 4.42. The first-order valence-electron chi connectivity index (χ1n) is 10.4. The Balaban J connectivity index is 1.80. The van der Waals surface area contributed by atoms with Crippen LogP contribution in [-0.4, -0.2) is 32.9 Å². The topological polar surface area (TPSA) is 87.9 Å². The number of nitrogens with zero attached hydrogens (tertiary/aromatic N) is 4. The summed E-state index contributed by atoms with van der Waals surface area (Å²) in [5.41, 5.74) is 9.19. The Bertz CT molecular complexity index is 1100. The van der Waals surface area contributed by atoms with E-state index in [1.807, 2.05) is 35.8 Å². The summed E-state index contributed by atoms with van der Waals surface area (Å²) in [6.07, 6.45) is 4.32. The fourth-order valence-electron chi connectivity index (χ4n) is 3.56. The molecule has 0 unspecified atom stereocenters. The molecule has 2 N–H and O–H groups in total. The van der Waals surface area contributed by atoms with Crippen LogP contribution >= 0.6 is 23.2 Å². The van der Waals surface area contributed by atoms with Gasteiger partial charge in [0.25, 0.3) is 0 Å². The summed E-state index contributed by atoms with van der Waals surface area (Å²) in [5.74, 6) is -0.0556. The highest BCUT2D eigenvalue weighted by atomic mass is 35.5. The van der Waals surface area contributed by atoms with Crippen LogP contribution in [0.1, 0.15) is 35.7 Å². The number of nitrogens with two attached hydrogens (primary N) is 1. The average molecular weight is 470 g/mol. The molecule has 3 rings (SSSR count). The van der Waals surface area contributed by atoms with Gasteiger partial charge in [0.1, 0.15) is 0 Å². The highest BCUT2D eigenvalue weighted by molar-refractivity contribution is 6.42. The number of hydrogen-bond donors (Lipinski definition) is 1. The fourth-order valence-corrected chi connectivity index (χ4v) is 3.94. The van der Waals surface area contributed by atoms with Crippen molar-refractivity contribution >= 4 is 29.1 Å². The molecule has 32 heavy (non-hydrogen) atoms. The average Bonchev–Trinajstić information content (AvgIpc) is 3.23. The van der Waals surface area contributed by atoms with Gasteiger partial charge in [-0.05, 0) is 35.7 Å². The molecular weight excluding hydrogens is 445 g/mol. The van der Waals surface area contributed by atoms with Gasteiger partial charge in [0.2, 0.25) is 5.91 Å². The van der Waals surface area contributed by atoms with E-state index in [2.05, 4.69) is 11.1 Å². The zero-order chi connectivity index (χ0) is 23.1. The minimum atomic E-state index is -0.118. The molecule has 1 aromatic heterocycles. The summed E-state index contributed by atoms with van der Waals surface area (Å²) < 4.78 is 1.94. The second kappa shape index (κ2) is 11.1. The Hall–Kier alpha value is -2.85. The SMILES string of the molecule is CC[C@@H](CN)N(Cc1cccc(Cl)c1Cl)C(=O)Cc1cncn1Cc1ccc(C#N)cc1. The number of halogens is 2. The number of nitriles is 1. The molecule has 1 amide bonds. The molecule has 166 valence electrons. The van der Waals surface area contributed by atoms with E-state index in [9.17, 15) is 4.79 Å². The fraction of sp³-hybridized carbons (Fsp3) is 0.292.